The highest BCUT2D eigenvalue weighted by Crippen LogP contribution is 2.34. The maximum Gasteiger partial charge on any atom is 0.191 e. The summed E-state index contributed by atoms with van der Waals surface area (Å²) in [6, 6.07) is 24.4. The Morgan fingerprint density at radius 1 is 0.906 bits per heavy atom. The van der Waals surface area contributed by atoms with Gasteiger partial charge in [-0.2, -0.15) is 0 Å². The Kier molecular flexibility index (Phi) is 6.62. The van der Waals surface area contributed by atoms with Gasteiger partial charge < -0.3 is 9.30 Å². The van der Waals surface area contributed by atoms with Crippen LogP contribution in [0.5, 0.6) is 11.5 Å². The van der Waals surface area contributed by atoms with Crippen molar-refractivity contribution in [3.63, 3.8) is 0 Å². The number of nitrogens with zero attached hydrogens (tertiary/aromatic N) is 3. The van der Waals surface area contributed by atoms with Gasteiger partial charge in [-0.15, -0.1) is 10.2 Å². The smallest absolute Gasteiger partial charge is 0.191 e. The number of benzene rings is 3. The predicted molar refractivity (Wildman–Crippen MR) is 127 cm³/mol. The van der Waals surface area contributed by atoms with Crippen LogP contribution in [0.2, 0.25) is 0 Å². The molecule has 1 aromatic heterocycles. The lowest BCUT2D eigenvalue weighted by Crippen LogP contribution is -2.01. The van der Waals surface area contributed by atoms with E-state index in [1.807, 2.05) is 66.7 Å². The van der Waals surface area contributed by atoms with Crippen LogP contribution in [0.25, 0.3) is 11.4 Å². The number of aromatic nitrogens is 3. The average molecular weight is 466 g/mol. The van der Waals surface area contributed by atoms with Crippen LogP contribution in [-0.4, -0.2) is 29.4 Å². The van der Waals surface area contributed by atoms with Gasteiger partial charge in [-0.3, -0.25) is 0 Å². The average Bonchev–Trinajstić information content (AvgIpc) is 3.21. The van der Waals surface area contributed by atoms with Crippen LogP contribution in [0, 0.1) is 0 Å². The molecule has 0 saturated heterocycles. The summed E-state index contributed by atoms with van der Waals surface area (Å²) < 4.78 is 31.5. The van der Waals surface area contributed by atoms with Gasteiger partial charge in [0.05, 0.1) is 10.5 Å². The Bertz CT molecular complexity index is 1300. The third kappa shape index (κ3) is 5.03. The third-order valence-corrected chi connectivity index (χ3v) is 7.02. The molecule has 0 amide bonds. The quantitative estimate of drug-likeness (QED) is 0.322. The first kappa shape index (κ1) is 22.1. The highest BCUT2D eigenvalue weighted by Gasteiger charge is 2.17. The van der Waals surface area contributed by atoms with E-state index in [4.69, 9.17) is 4.74 Å². The van der Waals surface area contributed by atoms with Crippen molar-refractivity contribution < 1.29 is 13.2 Å². The maximum absolute atomic E-state index is 11.7. The fourth-order valence-corrected chi connectivity index (χ4v) is 4.81. The fraction of sp³-hybridized carbons (Fsp3) is 0.167. The SMILES string of the molecule is CCn1c(SCc2ccc(S(C)(=O)=O)cc2)nnc1-c1ccccc1Oc1ccccc1. The van der Waals surface area contributed by atoms with Gasteiger partial charge in [0, 0.05) is 18.6 Å². The lowest BCUT2D eigenvalue weighted by Gasteiger charge is -2.12. The number of para-hydroxylation sites is 2. The molecule has 0 N–H and O–H groups in total. The van der Waals surface area contributed by atoms with Crippen LogP contribution in [0.15, 0.2) is 88.9 Å². The van der Waals surface area contributed by atoms with Gasteiger partial charge in [0.2, 0.25) is 0 Å². The van der Waals surface area contributed by atoms with Crippen molar-refractivity contribution in [3.8, 4) is 22.9 Å². The minimum atomic E-state index is -3.20. The molecule has 0 aliphatic heterocycles. The van der Waals surface area contributed by atoms with E-state index in [-0.39, 0.29) is 0 Å². The van der Waals surface area contributed by atoms with Crippen molar-refractivity contribution in [2.45, 2.75) is 29.3 Å². The summed E-state index contributed by atoms with van der Waals surface area (Å²) in [5.41, 5.74) is 1.89. The molecule has 0 spiro atoms. The molecule has 8 heteroatoms. The van der Waals surface area contributed by atoms with Crippen LogP contribution in [0.1, 0.15) is 12.5 Å². The zero-order chi connectivity index (χ0) is 22.6. The summed E-state index contributed by atoms with van der Waals surface area (Å²) in [6.45, 7) is 2.76. The summed E-state index contributed by atoms with van der Waals surface area (Å²) in [5.74, 6) is 2.88. The minimum Gasteiger partial charge on any atom is -0.457 e. The number of thioether (sulfide) groups is 1. The van der Waals surface area contributed by atoms with Gasteiger partial charge >= 0.3 is 0 Å². The molecular formula is C24H23N3O3S2. The van der Waals surface area contributed by atoms with Crippen molar-refractivity contribution in [1.29, 1.82) is 0 Å². The first-order valence-corrected chi connectivity index (χ1v) is 13.0. The van der Waals surface area contributed by atoms with E-state index in [9.17, 15) is 8.42 Å². The maximum atomic E-state index is 11.7. The summed E-state index contributed by atoms with van der Waals surface area (Å²) in [7, 11) is -3.20. The summed E-state index contributed by atoms with van der Waals surface area (Å²) in [6.07, 6.45) is 1.21. The number of hydrogen-bond acceptors (Lipinski definition) is 6. The molecule has 3 aromatic carbocycles. The van der Waals surface area contributed by atoms with Crippen LogP contribution in [-0.2, 0) is 22.1 Å². The first-order valence-electron chi connectivity index (χ1n) is 10.1. The third-order valence-electron chi connectivity index (χ3n) is 4.85. The van der Waals surface area contributed by atoms with E-state index in [1.54, 1.807) is 23.9 Å². The van der Waals surface area contributed by atoms with Gasteiger partial charge in [0.25, 0.3) is 0 Å². The Labute approximate surface area is 192 Å². The zero-order valence-electron chi connectivity index (χ0n) is 17.8. The number of ether oxygens (including phenoxy) is 1. The second-order valence-corrected chi connectivity index (χ2v) is 10.1. The standard InChI is InChI=1S/C24H23N3O3S2/c1-3-27-23(21-11-7-8-12-22(21)30-19-9-5-4-6-10-19)25-26-24(27)31-17-18-13-15-20(16-14-18)32(2,28)29/h4-16H,3,17H2,1-2H3. The van der Waals surface area contributed by atoms with Crippen molar-refractivity contribution in [3.05, 3.63) is 84.4 Å². The molecule has 4 aromatic rings. The molecule has 0 unspecified atom stereocenters. The Morgan fingerprint density at radius 3 is 2.28 bits per heavy atom. The molecular weight excluding hydrogens is 442 g/mol. The van der Waals surface area contributed by atoms with Crippen LogP contribution < -0.4 is 4.74 Å². The van der Waals surface area contributed by atoms with Gasteiger partial charge in [-0.1, -0.05) is 54.2 Å². The highest BCUT2D eigenvalue weighted by molar-refractivity contribution is 7.98. The molecule has 6 nitrogen and oxygen atoms in total. The fourth-order valence-electron chi connectivity index (χ4n) is 3.22. The second kappa shape index (κ2) is 9.58. The van der Waals surface area contributed by atoms with Crippen molar-refractivity contribution in [2.75, 3.05) is 6.26 Å². The second-order valence-electron chi connectivity index (χ2n) is 7.17. The van der Waals surface area contributed by atoms with Crippen LogP contribution in [0.4, 0.5) is 0 Å². The van der Waals surface area contributed by atoms with E-state index in [1.165, 1.54) is 6.26 Å². The van der Waals surface area contributed by atoms with Gasteiger partial charge in [-0.05, 0) is 48.9 Å². The van der Waals surface area contributed by atoms with Crippen molar-refractivity contribution in [2.24, 2.45) is 0 Å². The molecule has 0 bridgehead atoms. The van der Waals surface area contributed by atoms with E-state index in [2.05, 4.69) is 21.7 Å². The topological polar surface area (TPSA) is 74.1 Å². The molecule has 0 radical (unpaired) electrons. The van der Waals surface area contributed by atoms with Crippen molar-refractivity contribution >= 4 is 21.6 Å². The lowest BCUT2D eigenvalue weighted by molar-refractivity contribution is 0.483. The number of sulfone groups is 1. The summed E-state index contributed by atoms with van der Waals surface area (Å²) in [5, 5.41) is 9.65. The molecule has 0 saturated carbocycles. The predicted octanol–water partition coefficient (Wildman–Crippen LogP) is 5.45. The molecule has 0 aliphatic carbocycles. The Balaban J connectivity index is 1.56. The highest BCUT2D eigenvalue weighted by atomic mass is 32.2. The summed E-state index contributed by atoms with van der Waals surface area (Å²) >= 11 is 1.56. The van der Waals surface area contributed by atoms with E-state index >= 15 is 0 Å². The zero-order valence-corrected chi connectivity index (χ0v) is 19.4. The monoisotopic (exact) mass is 465 g/mol. The van der Waals surface area contributed by atoms with E-state index < -0.39 is 9.84 Å². The molecule has 1 heterocycles. The Hall–Kier alpha value is -3.10. The van der Waals surface area contributed by atoms with Gasteiger partial charge in [0.15, 0.2) is 20.8 Å². The number of hydrogen-bond donors (Lipinski definition) is 0. The lowest BCUT2D eigenvalue weighted by atomic mass is 10.2. The molecule has 164 valence electrons. The van der Waals surface area contributed by atoms with Gasteiger partial charge in [0.1, 0.15) is 11.5 Å². The molecule has 0 aliphatic rings. The largest absolute Gasteiger partial charge is 0.457 e. The summed E-state index contributed by atoms with van der Waals surface area (Å²) in [4.78, 5) is 0.320. The molecule has 32 heavy (non-hydrogen) atoms. The minimum absolute atomic E-state index is 0.320. The van der Waals surface area contributed by atoms with E-state index in [0.717, 1.165) is 27.9 Å². The van der Waals surface area contributed by atoms with Gasteiger partial charge in [-0.25, -0.2) is 8.42 Å². The van der Waals surface area contributed by atoms with Crippen LogP contribution in [0.3, 0.4) is 0 Å². The normalized spacial score (nSPS) is 11.4. The Morgan fingerprint density at radius 2 is 1.59 bits per heavy atom. The first-order chi connectivity index (χ1) is 15.5. The number of rotatable bonds is 8. The molecule has 0 atom stereocenters. The molecule has 0 fully saturated rings. The molecule has 4 rings (SSSR count). The van der Waals surface area contributed by atoms with Crippen LogP contribution >= 0.6 is 11.8 Å². The van der Waals surface area contributed by atoms with Crippen molar-refractivity contribution in [1.82, 2.24) is 14.8 Å². The van der Waals surface area contributed by atoms with E-state index in [0.29, 0.717) is 22.9 Å².